The summed E-state index contributed by atoms with van der Waals surface area (Å²) in [5, 5.41) is 9.45. The lowest BCUT2D eigenvalue weighted by Gasteiger charge is -2.09. The highest BCUT2D eigenvalue weighted by Gasteiger charge is 2.23. The summed E-state index contributed by atoms with van der Waals surface area (Å²) < 4.78 is 4.80. The molecule has 1 rings (SSSR count). The molecule has 0 bridgehead atoms. The van der Waals surface area contributed by atoms with Crippen LogP contribution in [-0.2, 0) is 4.74 Å². The van der Waals surface area contributed by atoms with E-state index in [2.05, 4.69) is 11.8 Å². The van der Waals surface area contributed by atoms with Crippen molar-refractivity contribution in [3.63, 3.8) is 0 Å². The normalized spacial score (nSPS) is 28.2. The largest absolute Gasteiger partial charge is 0.393 e. The molecular weight excluding hydrogens is 152 g/mol. The Labute approximate surface area is 73.9 Å². The minimum absolute atomic E-state index is 0.109. The van der Waals surface area contributed by atoms with Gasteiger partial charge in [0, 0.05) is 13.5 Å². The van der Waals surface area contributed by atoms with Crippen molar-refractivity contribution in [1.82, 2.24) is 0 Å². The smallest absolute Gasteiger partial charge is 0.107 e. The molecule has 2 heteroatoms. The van der Waals surface area contributed by atoms with Crippen molar-refractivity contribution < 1.29 is 9.84 Å². The summed E-state index contributed by atoms with van der Waals surface area (Å²) in [6.45, 7) is 0.503. The molecule has 0 aromatic rings. The van der Waals surface area contributed by atoms with Crippen LogP contribution in [0.3, 0.4) is 0 Å². The third-order valence-electron chi connectivity index (χ3n) is 2.32. The molecule has 1 aliphatic rings. The zero-order valence-corrected chi connectivity index (χ0v) is 7.55. The number of methoxy groups -OCH3 is 1. The Bertz CT molecular complexity index is 178. The summed E-state index contributed by atoms with van der Waals surface area (Å²) >= 11 is 0. The van der Waals surface area contributed by atoms with Gasteiger partial charge in [-0.05, 0) is 18.8 Å². The molecule has 0 aromatic heterocycles. The quantitative estimate of drug-likeness (QED) is 0.627. The molecule has 0 aliphatic heterocycles. The van der Waals surface area contributed by atoms with Crippen LogP contribution in [0.5, 0.6) is 0 Å². The molecule has 12 heavy (non-hydrogen) atoms. The van der Waals surface area contributed by atoms with E-state index < -0.39 is 0 Å². The minimum Gasteiger partial charge on any atom is -0.393 e. The van der Waals surface area contributed by atoms with Crippen LogP contribution in [0.15, 0.2) is 0 Å². The van der Waals surface area contributed by atoms with Gasteiger partial charge in [-0.2, -0.15) is 0 Å². The summed E-state index contributed by atoms with van der Waals surface area (Å²) in [7, 11) is 1.64. The highest BCUT2D eigenvalue weighted by Crippen LogP contribution is 2.27. The van der Waals surface area contributed by atoms with Crippen molar-refractivity contribution in [2.75, 3.05) is 13.7 Å². The monoisotopic (exact) mass is 168 g/mol. The molecule has 0 amide bonds. The van der Waals surface area contributed by atoms with Crippen molar-refractivity contribution in [3.8, 4) is 11.8 Å². The minimum atomic E-state index is -0.109. The molecule has 0 heterocycles. The van der Waals surface area contributed by atoms with E-state index in [0.717, 1.165) is 25.7 Å². The standard InChI is InChI=1S/C10H16O2/c1-12-8-3-2-5-9-6-4-7-10(9)11/h9-11H,4-8H2,1H3/t9-,10-/m1/s1. The molecule has 0 unspecified atom stereocenters. The van der Waals surface area contributed by atoms with E-state index in [1.54, 1.807) is 7.11 Å². The highest BCUT2D eigenvalue weighted by atomic mass is 16.5. The van der Waals surface area contributed by atoms with Crippen LogP contribution in [0.25, 0.3) is 0 Å². The summed E-state index contributed by atoms with van der Waals surface area (Å²) in [5.74, 6) is 6.33. The van der Waals surface area contributed by atoms with Gasteiger partial charge in [0.1, 0.15) is 6.61 Å². The van der Waals surface area contributed by atoms with E-state index in [9.17, 15) is 5.11 Å². The Morgan fingerprint density at radius 3 is 2.83 bits per heavy atom. The number of aliphatic hydroxyl groups is 1. The number of hydrogen-bond donors (Lipinski definition) is 1. The molecule has 1 N–H and O–H groups in total. The lowest BCUT2D eigenvalue weighted by molar-refractivity contribution is 0.135. The van der Waals surface area contributed by atoms with Gasteiger partial charge in [-0.25, -0.2) is 0 Å². The molecule has 0 aromatic carbocycles. The van der Waals surface area contributed by atoms with Crippen LogP contribution in [0.4, 0.5) is 0 Å². The van der Waals surface area contributed by atoms with E-state index in [0.29, 0.717) is 12.5 Å². The fourth-order valence-corrected chi connectivity index (χ4v) is 1.58. The fourth-order valence-electron chi connectivity index (χ4n) is 1.58. The lowest BCUT2D eigenvalue weighted by Crippen LogP contribution is -2.11. The summed E-state index contributed by atoms with van der Waals surface area (Å²) in [5.41, 5.74) is 0. The molecule has 1 saturated carbocycles. The Morgan fingerprint density at radius 1 is 1.42 bits per heavy atom. The molecule has 0 spiro atoms. The van der Waals surface area contributed by atoms with Gasteiger partial charge in [-0.1, -0.05) is 12.3 Å². The first-order valence-corrected chi connectivity index (χ1v) is 4.47. The van der Waals surface area contributed by atoms with Crippen LogP contribution >= 0.6 is 0 Å². The van der Waals surface area contributed by atoms with Crippen LogP contribution in [0.1, 0.15) is 25.7 Å². The van der Waals surface area contributed by atoms with Crippen LogP contribution in [0, 0.1) is 17.8 Å². The molecular formula is C10H16O2. The van der Waals surface area contributed by atoms with Crippen LogP contribution in [0.2, 0.25) is 0 Å². The fraction of sp³-hybridized carbons (Fsp3) is 0.800. The first-order valence-electron chi connectivity index (χ1n) is 4.47. The maximum Gasteiger partial charge on any atom is 0.107 e. The SMILES string of the molecule is COCC#CC[C@@H]1CCC[C@H]1O. The van der Waals surface area contributed by atoms with Crippen molar-refractivity contribution >= 4 is 0 Å². The number of rotatable bonds is 2. The first-order chi connectivity index (χ1) is 5.84. The van der Waals surface area contributed by atoms with Crippen molar-refractivity contribution in [2.45, 2.75) is 31.8 Å². The summed E-state index contributed by atoms with van der Waals surface area (Å²) in [6.07, 6.45) is 3.95. The van der Waals surface area contributed by atoms with Gasteiger partial charge in [0.25, 0.3) is 0 Å². The number of hydrogen-bond acceptors (Lipinski definition) is 2. The lowest BCUT2D eigenvalue weighted by atomic mass is 10.0. The third-order valence-corrected chi connectivity index (χ3v) is 2.32. The first kappa shape index (κ1) is 9.57. The average molecular weight is 168 g/mol. The second kappa shape index (κ2) is 5.18. The Hall–Kier alpha value is -0.520. The van der Waals surface area contributed by atoms with E-state index in [1.165, 1.54) is 0 Å². The van der Waals surface area contributed by atoms with E-state index in [1.807, 2.05) is 0 Å². The Morgan fingerprint density at radius 2 is 2.25 bits per heavy atom. The van der Waals surface area contributed by atoms with E-state index in [4.69, 9.17) is 4.74 Å². The molecule has 68 valence electrons. The number of ether oxygens (including phenoxy) is 1. The van der Waals surface area contributed by atoms with Crippen LogP contribution in [-0.4, -0.2) is 24.9 Å². The maximum absolute atomic E-state index is 9.45. The van der Waals surface area contributed by atoms with Crippen molar-refractivity contribution in [2.24, 2.45) is 5.92 Å². The molecule has 0 saturated heterocycles. The third kappa shape index (κ3) is 2.84. The van der Waals surface area contributed by atoms with E-state index >= 15 is 0 Å². The van der Waals surface area contributed by atoms with E-state index in [-0.39, 0.29) is 6.10 Å². The van der Waals surface area contributed by atoms with Gasteiger partial charge < -0.3 is 9.84 Å². The van der Waals surface area contributed by atoms with Gasteiger partial charge in [0.05, 0.1) is 6.10 Å². The molecule has 1 aliphatic carbocycles. The Kier molecular flexibility index (Phi) is 4.13. The second-order valence-electron chi connectivity index (χ2n) is 3.25. The molecule has 2 nitrogen and oxygen atoms in total. The van der Waals surface area contributed by atoms with Gasteiger partial charge >= 0.3 is 0 Å². The topological polar surface area (TPSA) is 29.5 Å². The van der Waals surface area contributed by atoms with Crippen LogP contribution < -0.4 is 0 Å². The zero-order chi connectivity index (χ0) is 8.81. The molecule has 0 radical (unpaired) electrons. The predicted octanol–water partition coefficient (Wildman–Crippen LogP) is 1.19. The second-order valence-corrected chi connectivity index (χ2v) is 3.25. The van der Waals surface area contributed by atoms with Crippen molar-refractivity contribution in [1.29, 1.82) is 0 Å². The predicted molar refractivity (Wildman–Crippen MR) is 47.6 cm³/mol. The average Bonchev–Trinajstić information content (AvgIpc) is 2.46. The Balaban J connectivity index is 2.19. The maximum atomic E-state index is 9.45. The number of aliphatic hydroxyl groups excluding tert-OH is 1. The van der Waals surface area contributed by atoms with Gasteiger partial charge in [-0.3, -0.25) is 0 Å². The summed E-state index contributed by atoms with van der Waals surface area (Å²) in [4.78, 5) is 0. The van der Waals surface area contributed by atoms with Crippen molar-refractivity contribution in [3.05, 3.63) is 0 Å². The highest BCUT2D eigenvalue weighted by molar-refractivity contribution is 5.01. The van der Waals surface area contributed by atoms with Gasteiger partial charge in [0.15, 0.2) is 0 Å². The zero-order valence-electron chi connectivity index (χ0n) is 7.55. The van der Waals surface area contributed by atoms with Gasteiger partial charge in [0.2, 0.25) is 0 Å². The van der Waals surface area contributed by atoms with Gasteiger partial charge in [-0.15, -0.1) is 5.92 Å². The molecule has 2 atom stereocenters. The molecule has 1 fully saturated rings. The summed E-state index contributed by atoms with van der Waals surface area (Å²) in [6, 6.07) is 0.